The van der Waals surface area contributed by atoms with E-state index in [0.29, 0.717) is 18.7 Å². The van der Waals surface area contributed by atoms with Crippen LogP contribution in [0.25, 0.3) is 0 Å². The topological polar surface area (TPSA) is 70.7 Å². The van der Waals surface area contributed by atoms with Crippen LogP contribution in [0.1, 0.15) is 22.0 Å². The Hall–Kier alpha value is -2.22. The second kappa shape index (κ2) is 7.99. The number of aromatic amines is 1. The fourth-order valence-corrected chi connectivity index (χ4v) is 3.72. The molecule has 0 aromatic carbocycles. The molecule has 7 heteroatoms. The Morgan fingerprint density at radius 2 is 2.12 bits per heavy atom. The number of nitrogens with one attached hydrogen (secondary N) is 1. The molecule has 0 aliphatic carbocycles. The minimum absolute atomic E-state index is 0.0235. The van der Waals surface area contributed by atoms with Crippen LogP contribution in [0.4, 0.5) is 0 Å². The van der Waals surface area contributed by atoms with Crippen LogP contribution in [0.3, 0.4) is 0 Å². The van der Waals surface area contributed by atoms with Gasteiger partial charge in [0.25, 0.3) is 5.91 Å². The quantitative estimate of drug-likeness (QED) is 0.895. The highest BCUT2D eigenvalue weighted by Crippen LogP contribution is 2.31. The van der Waals surface area contributed by atoms with Gasteiger partial charge in [0.1, 0.15) is 0 Å². The molecule has 1 amide bonds. The van der Waals surface area contributed by atoms with E-state index in [2.05, 4.69) is 14.9 Å². The van der Waals surface area contributed by atoms with E-state index in [4.69, 9.17) is 9.47 Å². The summed E-state index contributed by atoms with van der Waals surface area (Å²) in [5, 5.41) is 0. The molecule has 0 bridgehead atoms. The maximum atomic E-state index is 13.1. The molecule has 26 heavy (non-hydrogen) atoms. The second-order valence-electron chi connectivity index (χ2n) is 6.65. The molecule has 4 rings (SSSR count). The summed E-state index contributed by atoms with van der Waals surface area (Å²) in [5.74, 6) is 0.0235. The van der Waals surface area contributed by atoms with Gasteiger partial charge in [-0.1, -0.05) is 6.07 Å². The van der Waals surface area contributed by atoms with Crippen LogP contribution in [0.2, 0.25) is 0 Å². The molecular weight excluding hydrogens is 332 g/mol. The normalized spacial score (nSPS) is 24.5. The number of ether oxygens (including phenoxy) is 2. The van der Waals surface area contributed by atoms with Crippen molar-refractivity contribution in [2.24, 2.45) is 0 Å². The van der Waals surface area contributed by atoms with Crippen molar-refractivity contribution >= 4 is 5.91 Å². The van der Waals surface area contributed by atoms with Crippen molar-refractivity contribution in [2.45, 2.75) is 12.1 Å². The van der Waals surface area contributed by atoms with Crippen LogP contribution in [-0.4, -0.2) is 77.8 Å². The third-order valence-corrected chi connectivity index (χ3v) is 5.03. The number of rotatable bonds is 4. The van der Waals surface area contributed by atoms with E-state index in [1.807, 2.05) is 29.3 Å². The number of H-pyrrole nitrogens is 1. The lowest BCUT2D eigenvalue weighted by atomic mass is 9.98. The maximum Gasteiger partial charge on any atom is 0.256 e. The number of carbonyl (C=O) groups is 1. The Bertz CT molecular complexity index is 701. The minimum Gasteiger partial charge on any atom is -0.379 e. The zero-order chi connectivity index (χ0) is 17.8. The number of nitrogens with zero attached hydrogens (tertiary/aromatic N) is 3. The highest BCUT2D eigenvalue weighted by molar-refractivity contribution is 5.94. The molecule has 2 aromatic heterocycles. The van der Waals surface area contributed by atoms with Crippen molar-refractivity contribution < 1.29 is 14.3 Å². The SMILES string of the molecule is O=C(c1cc[nH]c1)N1CCO[C@@H](CN2CCOCC2)[C@@H]1c1cccnc1. The monoisotopic (exact) mass is 356 g/mol. The first-order valence-corrected chi connectivity index (χ1v) is 9.08. The van der Waals surface area contributed by atoms with Gasteiger partial charge in [0.05, 0.1) is 37.5 Å². The van der Waals surface area contributed by atoms with Crippen molar-refractivity contribution in [1.82, 2.24) is 19.8 Å². The zero-order valence-electron chi connectivity index (χ0n) is 14.7. The van der Waals surface area contributed by atoms with Crippen molar-refractivity contribution in [1.29, 1.82) is 0 Å². The molecular formula is C19H24N4O3. The van der Waals surface area contributed by atoms with Gasteiger partial charge >= 0.3 is 0 Å². The summed E-state index contributed by atoms with van der Waals surface area (Å²) in [6, 6.07) is 5.60. The highest BCUT2D eigenvalue weighted by Gasteiger charge is 2.38. The summed E-state index contributed by atoms with van der Waals surface area (Å²) in [7, 11) is 0. The van der Waals surface area contributed by atoms with Crippen molar-refractivity contribution in [3.8, 4) is 0 Å². The molecule has 2 saturated heterocycles. The maximum absolute atomic E-state index is 13.1. The number of hydrogen-bond donors (Lipinski definition) is 1. The average Bonchev–Trinajstić information content (AvgIpc) is 3.23. The van der Waals surface area contributed by atoms with E-state index >= 15 is 0 Å². The molecule has 0 unspecified atom stereocenters. The van der Waals surface area contributed by atoms with Crippen molar-refractivity contribution in [3.63, 3.8) is 0 Å². The van der Waals surface area contributed by atoms with Gasteiger partial charge in [-0.3, -0.25) is 14.7 Å². The molecule has 4 heterocycles. The highest BCUT2D eigenvalue weighted by atomic mass is 16.5. The van der Waals surface area contributed by atoms with E-state index in [0.717, 1.165) is 38.4 Å². The van der Waals surface area contributed by atoms with Crippen molar-refractivity contribution in [3.05, 3.63) is 54.1 Å². The van der Waals surface area contributed by atoms with Crippen LogP contribution in [0, 0.1) is 0 Å². The lowest BCUT2D eigenvalue weighted by Gasteiger charge is -2.43. The van der Waals surface area contributed by atoms with Crippen LogP contribution in [0.15, 0.2) is 43.0 Å². The van der Waals surface area contributed by atoms with E-state index in [9.17, 15) is 4.79 Å². The van der Waals surface area contributed by atoms with E-state index in [-0.39, 0.29) is 18.1 Å². The predicted octanol–water partition coefficient (Wildman–Crippen LogP) is 1.32. The lowest BCUT2D eigenvalue weighted by Crippen LogP contribution is -2.53. The van der Waals surface area contributed by atoms with Gasteiger partial charge < -0.3 is 19.4 Å². The van der Waals surface area contributed by atoms with E-state index in [1.165, 1.54) is 0 Å². The fourth-order valence-electron chi connectivity index (χ4n) is 3.72. The number of carbonyl (C=O) groups excluding carboxylic acids is 1. The fraction of sp³-hybridized carbons (Fsp3) is 0.474. The largest absolute Gasteiger partial charge is 0.379 e. The Kier molecular flexibility index (Phi) is 5.29. The number of hydrogen-bond acceptors (Lipinski definition) is 5. The van der Waals surface area contributed by atoms with Crippen LogP contribution < -0.4 is 0 Å². The summed E-state index contributed by atoms with van der Waals surface area (Å²) < 4.78 is 11.6. The summed E-state index contributed by atoms with van der Waals surface area (Å²) in [5.41, 5.74) is 1.68. The molecule has 0 radical (unpaired) electrons. The Morgan fingerprint density at radius 3 is 2.85 bits per heavy atom. The predicted molar refractivity (Wildman–Crippen MR) is 95.8 cm³/mol. The van der Waals surface area contributed by atoms with Gasteiger partial charge in [0, 0.05) is 51.0 Å². The molecule has 2 aliphatic rings. The van der Waals surface area contributed by atoms with E-state index in [1.54, 1.807) is 18.6 Å². The molecule has 0 saturated carbocycles. The van der Waals surface area contributed by atoms with Gasteiger partial charge in [0.2, 0.25) is 0 Å². The Labute approximate surface area is 152 Å². The number of pyridine rings is 1. The molecule has 1 N–H and O–H groups in total. The lowest BCUT2D eigenvalue weighted by molar-refractivity contribution is -0.0819. The first-order chi connectivity index (χ1) is 12.8. The Morgan fingerprint density at radius 1 is 1.23 bits per heavy atom. The summed E-state index contributed by atoms with van der Waals surface area (Å²) >= 11 is 0. The molecule has 2 fully saturated rings. The third-order valence-electron chi connectivity index (χ3n) is 5.03. The molecule has 7 nitrogen and oxygen atoms in total. The first kappa shape index (κ1) is 17.2. The summed E-state index contributed by atoms with van der Waals surface area (Å²) in [6.45, 7) is 5.17. The van der Waals surface area contributed by atoms with Crippen LogP contribution in [0.5, 0.6) is 0 Å². The molecule has 138 valence electrons. The molecule has 2 aliphatic heterocycles. The molecule has 0 spiro atoms. The van der Waals surface area contributed by atoms with Crippen LogP contribution in [-0.2, 0) is 9.47 Å². The molecule has 2 atom stereocenters. The average molecular weight is 356 g/mol. The van der Waals surface area contributed by atoms with E-state index < -0.39 is 0 Å². The Balaban J connectivity index is 1.60. The zero-order valence-corrected chi connectivity index (χ0v) is 14.7. The smallest absolute Gasteiger partial charge is 0.256 e. The third kappa shape index (κ3) is 3.65. The van der Waals surface area contributed by atoms with Crippen molar-refractivity contribution in [2.75, 3.05) is 46.0 Å². The first-order valence-electron chi connectivity index (χ1n) is 9.08. The number of amides is 1. The van der Waals surface area contributed by atoms with Gasteiger partial charge in [-0.2, -0.15) is 0 Å². The van der Waals surface area contributed by atoms with Gasteiger partial charge in [-0.25, -0.2) is 0 Å². The summed E-state index contributed by atoms with van der Waals surface area (Å²) in [4.78, 5) is 24.6. The molecule has 2 aromatic rings. The minimum atomic E-state index is -0.150. The van der Waals surface area contributed by atoms with Gasteiger partial charge in [0.15, 0.2) is 0 Å². The standard InChI is InChI=1S/C19H24N4O3/c24-19(16-3-5-21-13-16)23-8-11-26-17(14-22-6-9-25-10-7-22)18(23)15-2-1-4-20-12-15/h1-5,12-13,17-18,21H,6-11,14H2/t17-,18-/m0/s1. The number of aromatic nitrogens is 2. The van der Waals surface area contributed by atoms with Gasteiger partial charge in [-0.05, 0) is 17.7 Å². The van der Waals surface area contributed by atoms with Crippen LogP contribution >= 0.6 is 0 Å². The number of morpholine rings is 2. The second-order valence-corrected chi connectivity index (χ2v) is 6.65. The van der Waals surface area contributed by atoms with Gasteiger partial charge in [-0.15, -0.1) is 0 Å². The summed E-state index contributed by atoms with van der Waals surface area (Å²) in [6.07, 6.45) is 7.02.